The molecule has 3 aromatic rings. The van der Waals surface area contributed by atoms with Crippen LogP contribution in [0, 0.1) is 27.7 Å². The first-order chi connectivity index (χ1) is 15.6. The van der Waals surface area contributed by atoms with Crippen molar-refractivity contribution in [3.8, 4) is 0 Å². The van der Waals surface area contributed by atoms with Crippen molar-refractivity contribution in [2.45, 2.75) is 52.5 Å². The van der Waals surface area contributed by atoms with Gasteiger partial charge in [-0.2, -0.15) is 4.31 Å². The molecule has 33 heavy (non-hydrogen) atoms. The molecule has 176 valence electrons. The van der Waals surface area contributed by atoms with Gasteiger partial charge in [0.2, 0.25) is 10.0 Å². The number of aromatic nitrogens is 1. The van der Waals surface area contributed by atoms with E-state index in [1.165, 1.54) is 4.31 Å². The van der Waals surface area contributed by atoms with Crippen molar-refractivity contribution in [3.05, 3.63) is 87.7 Å². The standard InChI is InChI=1S/C26H32N2O4S/c1-6-32-26(29)25-20(4)23(21(5)27-25)17-28(15-14-22-10-8-7-9-11-22)33(30,31)24-16-18(2)12-13-19(24)3/h7-13,16,27H,6,14-15,17H2,1-5H3. The molecule has 0 saturated carbocycles. The first-order valence-corrected chi connectivity index (χ1v) is 12.6. The van der Waals surface area contributed by atoms with Crippen LogP contribution in [-0.4, -0.2) is 36.8 Å². The zero-order valence-corrected chi connectivity index (χ0v) is 20.8. The van der Waals surface area contributed by atoms with Crippen molar-refractivity contribution in [3.63, 3.8) is 0 Å². The van der Waals surface area contributed by atoms with Crippen molar-refractivity contribution in [1.82, 2.24) is 9.29 Å². The van der Waals surface area contributed by atoms with E-state index in [-0.39, 0.29) is 13.2 Å². The third-order valence-corrected chi connectivity index (χ3v) is 7.85. The fourth-order valence-corrected chi connectivity index (χ4v) is 5.64. The van der Waals surface area contributed by atoms with Gasteiger partial charge in [0, 0.05) is 18.8 Å². The minimum Gasteiger partial charge on any atom is -0.461 e. The lowest BCUT2D eigenvalue weighted by molar-refractivity contribution is 0.0519. The molecule has 3 rings (SSSR count). The number of hydrogen-bond donors (Lipinski definition) is 1. The number of aryl methyl sites for hydroxylation is 3. The number of benzene rings is 2. The lowest BCUT2D eigenvalue weighted by Gasteiger charge is -2.24. The number of H-pyrrole nitrogens is 1. The van der Waals surface area contributed by atoms with Gasteiger partial charge in [-0.05, 0) is 74.9 Å². The highest BCUT2D eigenvalue weighted by Gasteiger charge is 2.29. The predicted octanol–water partition coefficient (Wildman–Crippen LogP) is 4.86. The molecule has 0 amide bonds. The molecule has 0 aliphatic heterocycles. The highest BCUT2D eigenvalue weighted by Crippen LogP contribution is 2.27. The van der Waals surface area contributed by atoms with Gasteiger partial charge in [0.1, 0.15) is 5.69 Å². The Morgan fingerprint density at radius 1 is 1.03 bits per heavy atom. The van der Waals surface area contributed by atoms with Gasteiger partial charge in [-0.1, -0.05) is 42.5 Å². The van der Waals surface area contributed by atoms with E-state index in [4.69, 9.17) is 4.74 Å². The van der Waals surface area contributed by atoms with E-state index >= 15 is 0 Å². The zero-order valence-electron chi connectivity index (χ0n) is 19.9. The molecule has 0 bridgehead atoms. The van der Waals surface area contributed by atoms with Crippen LogP contribution in [0.5, 0.6) is 0 Å². The van der Waals surface area contributed by atoms with Gasteiger partial charge in [0.25, 0.3) is 0 Å². The van der Waals surface area contributed by atoms with Gasteiger partial charge < -0.3 is 9.72 Å². The summed E-state index contributed by atoms with van der Waals surface area (Å²) < 4.78 is 34.3. The second kappa shape index (κ2) is 10.4. The normalized spacial score (nSPS) is 11.7. The Labute approximate surface area is 196 Å². The Kier molecular flexibility index (Phi) is 7.76. The monoisotopic (exact) mass is 468 g/mol. The lowest BCUT2D eigenvalue weighted by Crippen LogP contribution is -2.33. The third-order valence-electron chi connectivity index (χ3n) is 5.86. The summed E-state index contributed by atoms with van der Waals surface area (Å²) >= 11 is 0. The SMILES string of the molecule is CCOC(=O)c1[nH]c(C)c(CN(CCc2ccccc2)S(=O)(=O)c2cc(C)ccc2C)c1C. The summed E-state index contributed by atoms with van der Waals surface area (Å²) in [5, 5.41) is 0. The maximum atomic E-state index is 13.8. The molecule has 1 aromatic heterocycles. The van der Waals surface area contributed by atoms with E-state index in [0.717, 1.165) is 22.4 Å². The molecule has 7 heteroatoms. The van der Waals surface area contributed by atoms with Gasteiger partial charge in [0.15, 0.2) is 0 Å². The van der Waals surface area contributed by atoms with Crippen LogP contribution in [0.1, 0.15) is 50.9 Å². The number of hydrogen-bond acceptors (Lipinski definition) is 4. The number of carbonyl (C=O) groups is 1. The first-order valence-electron chi connectivity index (χ1n) is 11.1. The molecule has 0 unspecified atom stereocenters. The smallest absolute Gasteiger partial charge is 0.355 e. The lowest BCUT2D eigenvalue weighted by atomic mass is 10.1. The fourth-order valence-electron chi connectivity index (χ4n) is 3.92. The van der Waals surface area contributed by atoms with Gasteiger partial charge in [-0.3, -0.25) is 0 Å². The molecular weight excluding hydrogens is 436 g/mol. The third kappa shape index (κ3) is 5.54. The second-order valence-corrected chi connectivity index (χ2v) is 10.2. The van der Waals surface area contributed by atoms with Crippen LogP contribution in [0.15, 0.2) is 53.4 Å². The molecule has 0 atom stereocenters. The number of sulfonamides is 1. The quantitative estimate of drug-likeness (QED) is 0.455. The van der Waals surface area contributed by atoms with Crippen LogP contribution >= 0.6 is 0 Å². The molecule has 2 aromatic carbocycles. The Bertz CT molecular complexity index is 1230. The number of rotatable bonds is 9. The number of carbonyl (C=O) groups excluding carboxylic acids is 1. The summed E-state index contributed by atoms with van der Waals surface area (Å²) in [6.07, 6.45) is 0.582. The average Bonchev–Trinajstić information content (AvgIpc) is 3.07. The van der Waals surface area contributed by atoms with Crippen molar-refractivity contribution >= 4 is 16.0 Å². The maximum Gasteiger partial charge on any atom is 0.355 e. The number of ether oxygens (including phenoxy) is 1. The highest BCUT2D eigenvalue weighted by atomic mass is 32.2. The average molecular weight is 469 g/mol. The van der Waals surface area contributed by atoms with Gasteiger partial charge in [-0.25, -0.2) is 13.2 Å². The molecule has 1 heterocycles. The molecular formula is C26H32N2O4S. The molecule has 0 aliphatic rings. The van der Waals surface area contributed by atoms with E-state index in [2.05, 4.69) is 4.98 Å². The van der Waals surface area contributed by atoms with Crippen molar-refractivity contribution in [1.29, 1.82) is 0 Å². The molecule has 0 aliphatic carbocycles. The van der Waals surface area contributed by atoms with Crippen LogP contribution < -0.4 is 0 Å². The number of nitrogens with zero attached hydrogens (tertiary/aromatic N) is 1. The number of esters is 1. The second-order valence-electron chi connectivity index (χ2n) is 8.29. The number of aromatic amines is 1. The number of nitrogens with one attached hydrogen (secondary N) is 1. The molecule has 0 spiro atoms. The highest BCUT2D eigenvalue weighted by molar-refractivity contribution is 7.89. The van der Waals surface area contributed by atoms with Crippen LogP contribution in [0.3, 0.4) is 0 Å². The summed E-state index contributed by atoms with van der Waals surface area (Å²) in [5.41, 5.74) is 5.30. The molecule has 0 radical (unpaired) electrons. The van der Waals surface area contributed by atoms with E-state index < -0.39 is 16.0 Å². The van der Waals surface area contributed by atoms with Crippen LogP contribution in [0.25, 0.3) is 0 Å². The summed E-state index contributed by atoms with van der Waals surface area (Å²) in [5.74, 6) is -0.433. The first kappa shape index (κ1) is 24.7. The van der Waals surface area contributed by atoms with Crippen LogP contribution in [-0.2, 0) is 27.7 Å². The maximum absolute atomic E-state index is 13.8. The summed E-state index contributed by atoms with van der Waals surface area (Å²) in [6, 6.07) is 15.3. The van der Waals surface area contributed by atoms with E-state index in [1.54, 1.807) is 13.0 Å². The van der Waals surface area contributed by atoms with Crippen molar-refractivity contribution in [2.75, 3.05) is 13.2 Å². The van der Waals surface area contributed by atoms with Crippen LogP contribution in [0.4, 0.5) is 0 Å². The molecule has 0 saturated heterocycles. The van der Waals surface area contributed by atoms with Crippen molar-refractivity contribution in [2.24, 2.45) is 0 Å². The Hall–Kier alpha value is -2.90. The minimum absolute atomic E-state index is 0.163. The predicted molar refractivity (Wildman–Crippen MR) is 130 cm³/mol. The fraction of sp³-hybridized carbons (Fsp3) is 0.346. The molecule has 0 fully saturated rings. The van der Waals surface area contributed by atoms with E-state index in [0.29, 0.717) is 34.7 Å². The topological polar surface area (TPSA) is 79.5 Å². The largest absolute Gasteiger partial charge is 0.461 e. The van der Waals surface area contributed by atoms with Gasteiger partial charge >= 0.3 is 5.97 Å². The molecule has 1 N–H and O–H groups in total. The van der Waals surface area contributed by atoms with Crippen molar-refractivity contribution < 1.29 is 17.9 Å². The van der Waals surface area contributed by atoms with E-state index in [9.17, 15) is 13.2 Å². The molecule has 6 nitrogen and oxygen atoms in total. The summed E-state index contributed by atoms with van der Waals surface area (Å²) in [6.45, 7) is 9.89. The summed E-state index contributed by atoms with van der Waals surface area (Å²) in [4.78, 5) is 15.7. The Balaban J connectivity index is 2.01. The zero-order chi connectivity index (χ0) is 24.2. The minimum atomic E-state index is -3.77. The Morgan fingerprint density at radius 2 is 1.73 bits per heavy atom. The van der Waals surface area contributed by atoms with E-state index in [1.807, 2.05) is 70.2 Å². The van der Waals surface area contributed by atoms with Crippen LogP contribution in [0.2, 0.25) is 0 Å². The van der Waals surface area contributed by atoms with Gasteiger partial charge in [0.05, 0.1) is 11.5 Å². The van der Waals surface area contributed by atoms with Gasteiger partial charge in [-0.15, -0.1) is 0 Å². The summed E-state index contributed by atoms with van der Waals surface area (Å²) in [7, 11) is -3.77. The Morgan fingerprint density at radius 3 is 2.39 bits per heavy atom.